The van der Waals surface area contributed by atoms with Crippen LogP contribution in [-0.4, -0.2) is 41.5 Å². The zero-order valence-electron chi connectivity index (χ0n) is 16.6. The number of aromatic nitrogens is 1. The van der Waals surface area contributed by atoms with Crippen molar-refractivity contribution >= 4 is 51.8 Å². The van der Waals surface area contributed by atoms with Crippen molar-refractivity contribution in [3.05, 3.63) is 58.3 Å². The molecule has 0 radical (unpaired) electrons. The lowest BCUT2D eigenvalue weighted by Crippen LogP contribution is -2.39. The van der Waals surface area contributed by atoms with Gasteiger partial charge in [-0.2, -0.15) is 0 Å². The highest BCUT2D eigenvalue weighted by atomic mass is 127. The molecule has 1 aromatic carbocycles. The van der Waals surface area contributed by atoms with Crippen LogP contribution >= 0.6 is 39.9 Å². The van der Waals surface area contributed by atoms with Crippen molar-refractivity contribution in [2.75, 3.05) is 20.1 Å². The van der Waals surface area contributed by atoms with Gasteiger partial charge in [0.05, 0.1) is 6.54 Å². The molecule has 0 aliphatic rings. The molecule has 154 valence electrons. The molecule has 0 fully saturated rings. The molecule has 0 atom stereocenters. The fourth-order valence-electron chi connectivity index (χ4n) is 2.62. The number of rotatable bonds is 8. The zero-order chi connectivity index (χ0) is 19.6. The number of guanidine groups is 1. The van der Waals surface area contributed by atoms with E-state index in [0.29, 0.717) is 26.1 Å². The normalized spacial score (nSPS) is 10.9. The van der Waals surface area contributed by atoms with Gasteiger partial charge in [-0.05, 0) is 30.2 Å². The number of amides is 1. The summed E-state index contributed by atoms with van der Waals surface area (Å²) >= 11 is 3.53. The minimum absolute atomic E-state index is 0. The monoisotopic (exact) mass is 561 g/mol. The number of carbonyl (C=O) groups excluding carboxylic acids is 1. The second-order valence-corrected chi connectivity index (χ2v) is 7.25. The number of hydrogen-bond donors (Lipinski definition) is 2. The number of hydrogen-bond acceptors (Lipinski definition) is 2. The maximum Gasteiger partial charge on any atom is 0.224 e. The van der Waals surface area contributed by atoms with Crippen molar-refractivity contribution in [3.8, 4) is 0 Å². The Kier molecular flexibility index (Phi) is 11.2. The van der Waals surface area contributed by atoms with Gasteiger partial charge in [0.25, 0.3) is 0 Å². The smallest absolute Gasteiger partial charge is 0.224 e. The largest absolute Gasteiger partial charge is 0.357 e. The van der Waals surface area contributed by atoms with Crippen LogP contribution in [0.2, 0.25) is 0 Å². The molecule has 28 heavy (non-hydrogen) atoms. The summed E-state index contributed by atoms with van der Waals surface area (Å²) in [5.74, 6) is 0.819. The first-order valence-corrected chi connectivity index (χ1v) is 9.89. The molecule has 1 amide bonds. The van der Waals surface area contributed by atoms with Crippen molar-refractivity contribution in [3.63, 3.8) is 0 Å². The van der Waals surface area contributed by atoms with Crippen LogP contribution in [0.25, 0.3) is 0 Å². The second-order valence-electron chi connectivity index (χ2n) is 6.40. The van der Waals surface area contributed by atoms with Crippen LogP contribution in [0, 0.1) is 0 Å². The quantitative estimate of drug-likeness (QED) is 0.294. The third-order valence-electron chi connectivity index (χ3n) is 4.08. The van der Waals surface area contributed by atoms with Crippen LogP contribution in [0.5, 0.6) is 0 Å². The average molecular weight is 562 g/mol. The van der Waals surface area contributed by atoms with Crippen molar-refractivity contribution in [2.24, 2.45) is 12.0 Å². The molecule has 1 aromatic heterocycles. The molecule has 8 heteroatoms. The third-order valence-corrected chi connectivity index (χ3v) is 4.85. The molecule has 0 aliphatic heterocycles. The van der Waals surface area contributed by atoms with E-state index in [0.717, 1.165) is 28.1 Å². The Morgan fingerprint density at radius 2 is 2.00 bits per heavy atom. The standard InChI is InChI=1S/C20H28BrN5O.HI/c1-4-22-20(24-13-16-10-12-25(2)14-16)23-11-9-19(27)26(3)15-17-7-5-6-8-18(17)21;/h5-8,10,12,14H,4,9,11,13,15H2,1-3H3,(H2,22,23,24);1H. The molecule has 0 saturated heterocycles. The average Bonchev–Trinajstić information content (AvgIpc) is 3.06. The van der Waals surface area contributed by atoms with Crippen LogP contribution in [0.1, 0.15) is 24.5 Å². The topological polar surface area (TPSA) is 61.7 Å². The number of benzene rings is 1. The van der Waals surface area contributed by atoms with E-state index in [4.69, 9.17) is 0 Å². The molecule has 0 aliphatic carbocycles. The van der Waals surface area contributed by atoms with Gasteiger partial charge in [0.15, 0.2) is 5.96 Å². The van der Waals surface area contributed by atoms with E-state index >= 15 is 0 Å². The van der Waals surface area contributed by atoms with Gasteiger partial charge in [0.2, 0.25) is 5.91 Å². The first-order chi connectivity index (χ1) is 13.0. The van der Waals surface area contributed by atoms with Gasteiger partial charge < -0.3 is 20.1 Å². The zero-order valence-corrected chi connectivity index (χ0v) is 20.5. The lowest BCUT2D eigenvalue weighted by atomic mass is 10.2. The molecular formula is C20H29BrIN5O. The number of nitrogens with one attached hydrogen (secondary N) is 2. The fourth-order valence-corrected chi connectivity index (χ4v) is 3.03. The van der Waals surface area contributed by atoms with Gasteiger partial charge in [0.1, 0.15) is 0 Å². The first-order valence-electron chi connectivity index (χ1n) is 9.10. The Hall–Kier alpha value is -1.55. The highest BCUT2D eigenvalue weighted by molar-refractivity contribution is 14.0. The second kappa shape index (κ2) is 12.8. The maximum absolute atomic E-state index is 12.4. The van der Waals surface area contributed by atoms with Gasteiger partial charge in [-0.1, -0.05) is 34.1 Å². The van der Waals surface area contributed by atoms with E-state index < -0.39 is 0 Å². The van der Waals surface area contributed by atoms with Gasteiger partial charge >= 0.3 is 0 Å². The van der Waals surface area contributed by atoms with Crippen molar-refractivity contribution in [1.29, 1.82) is 0 Å². The third kappa shape index (κ3) is 8.22. The predicted molar refractivity (Wildman–Crippen MR) is 129 cm³/mol. The molecule has 0 unspecified atom stereocenters. The molecule has 2 rings (SSSR count). The first kappa shape index (κ1) is 24.5. The molecule has 1 heterocycles. The minimum atomic E-state index is 0. The molecule has 0 spiro atoms. The molecule has 0 saturated carbocycles. The van der Waals surface area contributed by atoms with Crippen LogP contribution in [-0.2, 0) is 24.9 Å². The highest BCUT2D eigenvalue weighted by Gasteiger charge is 2.11. The predicted octanol–water partition coefficient (Wildman–Crippen LogP) is 3.51. The van der Waals surface area contributed by atoms with E-state index in [1.807, 2.05) is 68.3 Å². The van der Waals surface area contributed by atoms with E-state index in [-0.39, 0.29) is 29.9 Å². The van der Waals surface area contributed by atoms with Crippen molar-refractivity contribution in [2.45, 2.75) is 26.4 Å². The van der Waals surface area contributed by atoms with E-state index in [1.165, 1.54) is 0 Å². The van der Waals surface area contributed by atoms with Crippen LogP contribution in [0.15, 0.2) is 52.2 Å². The molecule has 2 N–H and O–H groups in total. The summed E-state index contributed by atoms with van der Waals surface area (Å²) in [6, 6.07) is 10.0. The highest BCUT2D eigenvalue weighted by Crippen LogP contribution is 2.17. The van der Waals surface area contributed by atoms with Crippen LogP contribution in [0.3, 0.4) is 0 Å². The summed E-state index contributed by atoms with van der Waals surface area (Å²) in [7, 11) is 3.82. The Bertz CT molecular complexity index is 777. The molecule has 6 nitrogen and oxygen atoms in total. The summed E-state index contributed by atoms with van der Waals surface area (Å²) in [6.45, 7) is 4.53. The van der Waals surface area contributed by atoms with Gasteiger partial charge in [-0.3, -0.25) is 4.79 Å². The number of halogens is 2. The van der Waals surface area contributed by atoms with Crippen molar-refractivity contribution in [1.82, 2.24) is 20.1 Å². The number of aryl methyl sites for hydroxylation is 1. The van der Waals surface area contributed by atoms with Crippen molar-refractivity contribution < 1.29 is 4.79 Å². The lowest BCUT2D eigenvalue weighted by Gasteiger charge is -2.19. The fraction of sp³-hybridized carbons (Fsp3) is 0.400. The molecular weight excluding hydrogens is 533 g/mol. The Morgan fingerprint density at radius 1 is 1.25 bits per heavy atom. The summed E-state index contributed by atoms with van der Waals surface area (Å²) in [5.41, 5.74) is 2.25. The maximum atomic E-state index is 12.4. The summed E-state index contributed by atoms with van der Waals surface area (Å²) in [5, 5.41) is 6.44. The lowest BCUT2D eigenvalue weighted by molar-refractivity contribution is -0.130. The number of nitrogens with zero attached hydrogens (tertiary/aromatic N) is 3. The minimum Gasteiger partial charge on any atom is -0.357 e. The molecule has 0 bridgehead atoms. The van der Waals surface area contributed by atoms with E-state index in [9.17, 15) is 4.79 Å². The summed E-state index contributed by atoms with van der Waals surface area (Å²) in [4.78, 5) is 18.7. The Labute approximate surface area is 192 Å². The summed E-state index contributed by atoms with van der Waals surface area (Å²) in [6.07, 6.45) is 4.47. The summed E-state index contributed by atoms with van der Waals surface area (Å²) < 4.78 is 3.02. The van der Waals surface area contributed by atoms with Crippen LogP contribution in [0.4, 0.5) is 0 Å². The van der Waals surface area contributed by atoms with E-state index in [1.54, 1.807) is 4.90 Å². The SMILES string of the molecule is CCNC(=NCc1ccn(C)c1)NCCC(=O)N(C)Cc1ccccc1Br.I. The Morgan fingerprint density at radius 3 is 2.64 bits per heavy atom. The molecule has 2 aromatic rings. The van der Waals surface area contributed by atoms with Gasteiger partial charge in [-0.15, -0.1) is 24.0 Å². The van der Waals surface area contributed by atoms with Gasteiger partial charge in [-0.25, -0.2) is 4.99 Å². The Balaban J connectivity index is 0.00000392. The number of aliphatic imine (C=N–C) groups is 1. The number of carbonyl (C=O) groups is 1. The van der Waals surface area contributed by atoms with Gasteiger partial charge in [0, 0.05) is 57.0 Å². The van der Waals surface area contributed by atoms with Crippen LogP contribution < -0.4 is 10.6 Å². The van der Waals surface area contributed by atoms with E-state index in [2.05, 4.69) is 31.6 Å².